The molecule has 2 aromatic rings. The van der Waals surface area contributed by atoms with Crippen LogP contribution in [0, 0.1) is 11.8 Å². The van der Waals surface area contributed by atoms with Gasteiger partial charge in [-0.15, -0.1) is 0 Å². The molecule has 0 saturated heterocycles. The van der Waals surface area contributed by atoms with E-state index in [1.54, 1.807) is 51.5 Å². The number of allylic oxidation sites excluding steroid dienone is 1. The van der Waals surface area contributed by atoms with Crippen LogP contribution in [0.4, 0.5) is 5.69 Å². The molecule has 1 unspecified atom stereocenters. The molecule has 0 aliphatic heterocycles. The van der Waals surface area contributed by atoms with Crippen molar-refractivity contribution in [3.63, 3.8) is 0 Å². The lowest BCUT2D eigenvalue weighted by Crippen LogP contribution is -2.63. The molecule has 44 heavy (non-hydrogen) atoms. The first-order valence-corrected chi connectivity index (χ1v) is 13.9. The second kappa shape index (κ2) is 11.2. The van der Waals surface area contributed by atoms with Gasteiger partial charge in [0.05, 0.1) is 18.7 Å². The number of nitrogens with two attached hydrogens (primary N) is 1. The predicted octanol–water partition coefficient (Wildman–Crippen LogP) is 1.22. The molecule has 0 saturated carbocycles. The van der Waals surface area contributed by atoms with Gasteiger partial charge in [0.2, 0.25) is 11.7 Å². The minimum absolute atomic E-state index is 0.0122. The van der Waals surface area contributed by atoms with Gasteiger partial charge in [-0.25, -0.2) is 0 Å². The summed E-state index contributed by atoms with van der Waals surface area (Å²) >= 11 is 0. The maximum Gasteiger partial charge on any atom is 0.255 e. The summed E-state index contributed by atoms with van der Waals surface area (Å²) in [5, 5.41) is 49.1. The molecule has 232 valence electrons. The van der Waals surface area contributed by atoms with E-state index in [0.717, 1.165) is 0 Å². The van der Waals surface area contributed by atoms with Crippen molar-refractivity contribution < 1.29 is 44.4 Å². The Hall–Kier alpha value is -4.56. The highest BCUT2D eigenvalue weighted by Gasteiger charge is 2.63. The highest BCUT2D eigenvalue weighted by atomic mass is 16.7. The standard InChI is InChI=1S/C31H34N4O9/c1-34(2)25-19-12-15-11-18-17(14-5-7-16(8-6-14)33-21(37)13-35(3)44-4)9-10-20(36)23(18)26(38)22(15)28(40)31(19,43)29(41)24(27(25)39)30(32)42/h5-10,15,19,25,36,39-40,43H,11-13H2,1-4H3,(H2,32,42)(H,33,37)/t15-,19-,25?,31-/m0/s1. The second-order valence-electron chi connectivity index (χ2n) is 11.5. The van der Waals surface area contributed by atoms with Crippen LogP contribution in [0.25, 0.3) is 11.1 Å². The quantitative estimate of drug-likeness (QED) is 0.195. The summed E-state index contributed by atoms with van der Waals surface area (Å²) in [5.74, 6) is -7.31. The fraction of sp³-hybridized carbons (Fsp3) is 0.355. The number of phenolic OH excluding ortho intramolecular Hbond substituents is 1. The van der Waals surface area contributed by atoms with Crippen molar-refractivity contribution in [1.82, 2.24) is 9.96 Å². The Balaban J connectivity index is 1.56. The van der Waals surface area contributed by atoms with Crippen LogP contribution >= 0.6 is 0 Å². The molecule has 3 aliphatic carbocycles. The zero-order valence-corrected chi connectivity index (χ0v) is 24.6. The number of Topliss-reactive ketones (excluding diaryl/α,β-unsaturated/α-hetero) is 2. The number of hydrogen-bond donors (Lipinski definition) is 6. The Morgan fingerprint density at radius 1 is 1.07 bits per heavy atom. The number of primary amides is 1. The van der Waals surface area contributed by atoms with Gasteiger partial charge in [0.1, 0.15) is 29.4 Å². The summed E-state index contributed by atoms with van der Waals surface area (Å²) in [4.78, 5) is 58.2. The van der Waals surface area contributed by atoms with Gasteiger partial charge in [-0.2, -0.15) is 5.06 Å². The number of ketones is 2. The first-order valence-electron chi connectivity index (χ1n) is 13.9. The van der Waals surface area contributed by atoms with Crippen LogP contribution in [0.1, 0.15) is 22.3 Å². The zero-order chi connectivity index (χ0) is 32.2. The number of hydroxylamine groups is 2. The minimum Gasteiger partial charge on any atom is -0.510 e. The van der Waals surface area contributed by atoms with Crippen LogP contribution in [0.2, 0.25) is 0 Å². The molecule has 4 atom stereocenters. The normalized spacial score (nSPS) is 24.8. The number of rotatable bonds is 7. The number of nitrogens with one attached hydrogen (secondary N) is 1. The first kappa shape index (κ1) is 30.9. The smallest absolute Gasteiger partial charge is 0.255 e. The summed E-state index contributed by atoms with van der Waals surface area (Å²) in [6, 6.07) is 8.84. The number of hydrogen-bond acceptors (Lipinski definition) is 11. The van der Waals surface area contributed by atoms with Gasteiger partial charge in [-0.05, 0) is 67.7 Å². The van der Waals surface area contributed by atoms with Crippen molar-refractivity contribution in [1.29, 1.82) is 0 Å². The number of amides is 2. The molecule has 5 rings (SSSR count). The maximum atomic E-state index is 13.9. The number of carbonyl (C=O) groups excluding carboxylic acids is 4. The summed E-state index contributed by atoms with van der Waals surface area (Å²) < 4.78 is 0. The van der Waals surface area contributed by atoms with Gasteiger partial charge >= 0.3 is 0 Å². The molecule has 2 amide bonds. The number of likely N-dealkylation sites (N-methyl/N-ethyl adjacent to an activating group) is 2. The summed E-state index contributed by atoms with van der Waals surface area (Å²) in [5.41, 5.74) is 3.88. The molecule has 0 aromatic heterocycles. The number of phenols is 1. The first-order chi connectivity index (χ1) is 20.7. The lowest BCUT2D eigenvalue weighted by molar-refractivity contribution is -0.148. The Morgan fingerprint density at radius 3 is 2.32 bits per heavy atom. The fourth-order valence-electron chi connectivity index (χ4n) is 6.72. The average molecular weight is 607 g/mol. The highest BCUT2D eigenvalue weighted by Crippen LogP contribution is 2.53. The van der Waals surface area contributed by atoms with E-state index in [1.807, 2.05) is 0 Å². The molecule has 3 aliphatic rings. The summed E-state index contributed by atoms with van der Waals surface area (Å²) in [7, 11) is 6.22. The molecule has 2 aromatic carbocycles. The van der Waals surface area contributed by atoms with E-state index in [9.17, 15) is 39.6 Å². The molecule has 0 radical (unpaired) electrons. The molecular formula is C31H34N4O9. The summed E-state index contributed by atoms with van der Waals surface area (Å²) in [6.07, 6.45) is 0.141. The van der Waals surface area contributed by atoms with E-state index >= 15 is 0 Å². The lowest BCUT2D eigenvalue weighted by atomic mass is 9.58. The number of fused-ring (bicyclic) bond motifs is 3. The highest BCUT2D eigenvalue weighted by molar-refractivity contribution is 6.25. The number of anilines is 1. The average Bonchev–Trinajstić information content (AvgIpc) is 2.95. The molecule has 0 spiro atoms. The van der Waals surface area contributed by atoms with Crippen LogP contribution in [0.5, 0.6) is 5.75 Å². The van der Waals surface area contributed by atoms with Gasteiger partial charge in [0, 0.05) is 24.2 Å². The SMILES string of the molecule is CON(C)CC(=O)Nc1ccc(-c2ccc(O)c3c2C[C@H]2C[C@H]4C(N(C)C)C(O)=C(C(N)=O)C(=O)[C@@]4(O)C(O)=C2C3=O)cc1. The van der Waals surface area contributed by atoms with Crippen LogP contribution < -0.4 is 11.1 Å². The number of aliphatic hydroxyl groups is 3. The van der Waals surface area contributed by atoms with E-state index < -0.39 is 58.0 Å². The Kier molecular flexibility index (Phi) is 7.84. The molecule has 0 heterocycles. The number of carbonyl (C=O) groups is 4. The minimum atomic E-state index is -2.70. The van der Waals surface area contributed by atoms with E-state index in [1.165, 1.54) is 23.1 Å². The van der Waals surface area contributed by atoms with Crippen molar-refractivity contribution >= 4 is 29.1 Å². The van der Waals surface area contributed by atoms with E-state index in [-0.39, 0.29) is 42.2 Å². The van der Waals surface area contributed by atoms with Crippen molar-refractivity contribution in [3.05, 3.63) is 70.2 Å². The Labute approximate surface area is 252 Å². The second-order valence-corrected chi connectivity index (χ2v) is 11.5. The van der Waals surface area contributed by atoms with E-state index in [4.69, 9.17) is 10.6 Å². The third-order valence-electron chi connectivity index (χ3n) is 8.76. The maximum absolute atomic E-state index is 13.9. The third-order valence-corrected chi connectivity index (χ3v) is 8.76. The Bertz CT molecular complexity index is 1650. The van der Waals surface area contributed by atoms with Crippen molar-refractivity contribution in [2.24, 2.45) is 17.6 Å². The van der Waals surface area contributed by atoms with Crippen LogP contribution in [-0.2, 0) is 25.6 Å². The fourth-order valence-corrected chi connectivity index (χ4v) is 6.72. The molecule has 7 N–H and O–H groups in total. The largest absolute Gasteiger partial charge is 0.510 e. The molecule has 0 bridgehead atoms. The van der Waals surface area contributed by atoms with Gasteiger partial charge < -0.3 is 36.3 Å². The number of nitrogens with zero attached hydrogens (tertiary/aromatic N) is 2. The van der Waals surface area contributed by atoms with Gasteiger partial charge in [0.25, 0.3) is 5.91 Å². The van der Waals surface area contributed by atoms with E-state index in [2.05, 4.69) is 5.32 Å². The Morgan fingerprint density at radius 2 is 1.73 bits per heavy atom. The molecule has 0 fully saturated rings. The predicted molar refractivity (Wildman–Crippen MR) is 157 cm³/mol. The lowest BCUT2D eigenvalue weighted by Gasteiger charge is -2.50. The van der Waals surface area contributed by atoms with Crippen LogP contribution in [0.15, 0.2) is 59.1 Å². The van der Waals surface area contributed by atoms with Crippen molar-refractivity contribution in [2.75, 3.05) is 40.1 Å². The topological polar surface area (TPSA) is 203 Å². The summed E-state index contributed by atoms with van der Waals surface area (Å²) in [6.45, 7) is 0.0176. The van der Waals surface area contributed by atoms with E-state index in [0.29, 0.717) is 22.4 Å². The van der Waals surface area contributed by atoms with Crippen LogP contribution in [0.3, 0.4) is 0 Å². The molecule has 13 nitrogen and oxygen atoms in total. The number of aromatic hydroxyl groups is 1. The van der Waals surface area contributed by atoms with Crippen molar-refractivity contribution in [3.8, 4) is 16.9 Å². The number of benzene rings is 2. The molecule has 13 heteroatoms. The third kappa shape index (κ3) is 4.74. The number of aliphatic hydroxyl groups excluding tert-OH is 2. The van der Waals surface area contributed by atoms with Gasteiger partial charge in [0.15, 0.2) is 11.4 Å². The monoisotopic (exact) mass is 606 g/mol. The van der Waals surface area contributed by atoms with Crippen LogP contribution in [-0.4, -0.2) is 100 Å². The van der Waals surface area contributed by atoms with Gasteiger partial charge in [-0.1, -0.05) is 18.2 Å². The zero-order valence-electron chi connectivity index (χ0n) is 24.6. The molecular weight excluding hydrogens is 572 g/mol. The van der Waals surface area contributed by atoms with Crippen molar-refractivity contribution in [2.45, 2.75) is 24.5 Å². The van der Waals surface area contributed by atoms with Gasteiger partial charge in [-0.3, -0.25) is 24.1 Å².